The third-order valence-electron chi connectivity index (χ3n) is 4.45. The monoisotopic (exact) mass is 360 g/mol. The maximum absolute atomic E-state index is 6.08. The number of hydrogen-bond donors (Lipinski definition) is 2. The summed E-state index contributed by atoms with van der Waals surface area (Å²) in [4.78, 5) is 4.28. The molecule has 2 N–H and O–H groups in total. The van der Waals surface area contributed by atoms with Gasteiger partial charge in [-0.05, 0) is 37.7 Å². The van der Waals surface area contributed by atoms with Crippen LogP contribution in [0.3, 0.4) is 0 Å². The molecule has 0 spiro atoms. The Morgan fingerprint density at radius 2 is 2.13 bits per heavy atom. The van der Waals surface area contributed by atoms with Crippen molar-refractivity contribution in [1.82, 2.24) is 15.2 Å². The van der Waals surface area contributed by atoms with Crippen LogP contribution < -0.4 is 10.6 Å². The van der Waals surface area contributed by atoms with Crippen molar-refractivity contribution in [2.45, 2.75) is 32.7 Å². The first kappa shape index (κ1) is 18.4. The van der Waals surface area contributed by atoms with Crippen LogP contribution in [-0.2, 0) is 18.3 Å². The molecule has 23 heavy (non-hydrogen) atoms. The van der Waals surface area contributed by atoms with Crippen molar-refractivity contribution in [2.24, 2.45) is 17.5 Å². The van der Waals surface area contributed by atoms with Crippen LogP contribution in [0.15, 0.2) is 11.1 Å². The molecule has 0 aromatic carbocycles. The Hall–Kier alpha value is -0.910. The van der Waals surface area contributed by atoms with Crippen molar-refractivity contribution in [3.05, 3.63) is 21.9 Å². The normalized spacial score (nSPS) is 16.5. The SMILES string of the molecule is CCOCCC1(CNC(=NC)NCc2cc(Cl)c(Cl)n2C)CC1. The lowest BCUT2D eigenvalue weighted by molar-refractivity contribution is 0.128. The molecule has 0 saturated heterocycles. The molecule has 1 saturated carbocycles. The second kappa shape index (κ2) is 8.27. The molecule has 0 amide bonds. The summed E-state index contributed by atoms with van der Waals surface area (Å²) in [5.41, 5.74) is 1.39. The lowest BCUT2D eigenvalue weighted by atomic mass is 10.0. The molecule has 0 unspecified atom stereocenters. The molecule has 1 aromatic heterocycles. The van der Waals surface area contributed by atoms with E-state index in [1.807, 2.05) is 24.6 Å². The molecule has 1 aromatic rings. The van der Waals surface area contributed by atoms with Gasteiger partial charge in [0.05, 0.1) is 11.6 Å². The Labute approximate surface area is 148 Å². The molecule has 1 aliphatic rings. The Bertz CT molecular complexity index is 553. The van der Waals surface area contributed by atoms with E-state index in [-0.39, 0.29) is 0 Å². The summed E-state index contributed by atoms with van der Waals surface area (Å²) in [6, 6.07) is 1.87. The van der Waals surface area contributed by atoms with Crippen LogP contribution in [0.5, 0.6) is 0 Å². The summed E-state index contributed by atoms with van der Waals surface area (Å²) >= 11 is 12.1. The second-order valence-corrected chi connectivity index (χ2v) is 6.82. The molecule has 5 nitrogen and oxygen atoms in total. The largest absolute Gasteiger partial charge is 0.382 e. The van der Waals surface area contributed by atoms with Gasteiger partial charge in [0.2, 0.25) is 0 Å². The first-order valence-electron chi connectivity index (χ1n) is 8.03. The van der Waals surface area contributed by atoms with E-state index in [0.29, 0.717) is 22.1 Å². The second-order valence-electron chi connectivity index (χ2n) is 6.06. The molecule has 0 radical (unpaired) electrons. The van der Waals surface area contributed by atoms with Gasteiger partial charge < -0.3 is 19.9 Å². The minimum atomic E-state index is 0.379. The molecule has 1 heterocycles. The molecular formula is C16H26Cl2N4O. The quantitative estimate of drug-likeness (QED) is 0.425. The Balaban J connectivity index is 1.79. The van der Waals surface area contributed by atoms with E-state index >= 15 is 0 Å². The van der Waals surface area contributed by atoms with Gasteiger partial charge in [0, 0.05) is 39.5 Å². The standard InChI is InChI=1S/C16H26Cl2N4O/c1-4-23-8-7-16(5-6-16)11-21-15(19-2)20-10-12-9-13(17)14(18)22(12)3/h9H,4-8,10-11H2,1-3H3,(H2,19,20,21). The number of ether oxygens (including phenoxy) is 1. The lowest BCUT2D eigenvalue weighted by Gasteiger charge is -2.18. The number of rotatable bonds is 8. The smallest absolute Gasteiger partial charge is 0.191 e. The van der Waals surface area contributed by atoms with Crippen LogP contribution in [0, 0.1) is 5.41 Å². The van der Waals surface area contributed by atoms with Crippen LogP contribution in [0.4, 0.5) is 0 Å². The number of aromatic nitrogens is 1. The summed E-state index contributed by atoms with van der Waals surface area (Å²) in [5, 5.41) is 7.85. The predicted molar refractivity (Wildman–Crippen MR) is 96.4 cm³/mol. The van der Waals surface area contributed by atoms with Crippen molar-refractivity contribution in [3.8, 4) is 0 Å². The van der Waals surface area contributed by atoms with Crippen LogP contribution in [0.25, 0.3) is 0 Å². The minimum absolute atomic E-state index is 0.379. The van der Waals surface area contributed by atoms with Crippen molar-refractivity contribution in [1.29, 1.82) is 0 Å². The number of nitrogens with one attached hydrogen (secondary N) is 2. The fourth-order valence-electron chi connectivity index (χ4n) is 2.55. The van der Waals surface area contributed by atoms with Gasteiger partial charge in [0.25, 0.3) is 0 Å². The van der Waals surface area contributed by atoms with Crippen LogP contribution >= 0.6 is 23.2 Å². The van der Waals surface area contributed by atoms with E-state index in [9.17, 15) is 0 Å². The Morgan fingerprint density at radius 3 is 2.65 bits per heavy atom. The summed E-state index contributed by atoms with van der Waals surface area (Å²) in [6.45, 7) is 5.20. The van der Waals surface area contributed by atoms with Gasteiger partial charge in [-0.1, -0.05) is 23.2 Å². The highest BCUT2D eigenvalue weighted by Gasteiger charge is 2.41. The molecule has 1 aliphatic carbocycles. The third-order valence-corrected chi connectivity index (χ3v) is 5.29. The van der Waals surface area contributed by atoms with Gasteiger partial charge in [-0.25, -0.2) is 0 Å². The van der Waals surface area contributed by atoms with Gasteiger partial charge in [0.15, 0.2) is 5.96 Å². The molecule has 1 fully saturated rings. The minimum Gasteiger partial charge on any atom is -0.382 e. The average Bonchev–Trinajstić information content (AvgIpc) is 3.27. The zero-order valence-electron chi connectivity index (χ0n) is 14.1. The van der Waals surface area contributed by atoms with Crippen LogP contribution in [0.1, 0.15) is 31.9 Å². The van der Waals surface area contributed by atoms with Crippen LogP contribution in [-0.4, -0.2) is 37.3 Å². The fourth-order valence-corrected chi connectivity index (χ4v) is 2.97. The van der Waals surface area contributed by atoms with Crippen molar-refractivity contribution >= 4 is 29.2 Å². The predicted octanol–water partition coefficient (Wildman–Crippen LogP) is 3.20. The van der Waals surface area contributed by atoms with Gasteiger partial charge >= 0.3 is 0 Å². The highest BCUT2D eigenvalue weighted by Crippen LogP contribution is 2.48. The summed E-state index contributed by atoms with van der Waals surface area (Å²) in [5.74, 6) is 0.793. The molecule has 7 heteroatoms. The molecule has 2 rings (SSSR count). The Kier molecular flexibility index (Phi) is 6.62. The van der Waals surface area contributed by atoms with Crippen LogP contribution in [0.2, 0.25) is 10.2 Å². The zero-order valence-corrected chi connectivity index (χ0v) is 15.6. The fraction of sp³-hybridized carbons (Fsp3) is 0.688. The van der Waals surface area contributed by atoms with Gasteiger partial charge in [-0.15, -0.1) is 0 Å². The van der Waals surface area contributed by atoms with E-state index in [4.69, 9.17) is 27.9 Å². The molecule has 0 atom stereocenters. The highest BCUT2D eigenvalue weighted by atomic mass is 35.5. The average molecular weight is 361 g/mol. The summed E-state index contributed by atoms with van der Waals surface area (Å²) < 4.78 is 7.34. The number of nitrogens with zero attached hydrogens (tertiary/aromatic N) is 2. The maximum atomic E-state index is 6.08. The van der Waals surface area contributed by atoms with Gasteiger partial charge in [-0.3, -0.25) is 4.99 Å². The molecule has 130 valence electrons. The number of halogens is 2. The zero-order chi connectivity index (χ0) is 16.9. The van der Waals surface area contributed by atoms with E-state index in [1.165, 1.54) is 12.8 Å². The summed E-state index contributed by atoms with van der Waals surface area (Å²) in [6.07, 6.45) is 3.62. The number of hydrogen-bond acceptors (Lipinski definition) is 2. The van der Waals surface area contributed by atoms with E-state index in [1.54, 1.807) is 7.05 Å². The van der Waals surface area contributed by atoms with Gasteiger partial charge in [0.1, 0.15) is 5.15 Å². The summed E-state index contributed by atoms with van der Waals surface area (Å²) in [7, 11) is 3.67. The third kappa shape index (κ3) is 5.03. The van der Waals surface area contributed by atoms with E-state index in [0.717, 1.165) is 37.8 Å². The highest BCUT2D eigenvalue weighted by molar-refractivity contribution is 6.41. The van der Waals surface area contributed by atoms with Crippen molar-refractivity contribution in [2.75, 3.05) is 26.8 Å². The van der Waals surface area contributed by atoms with E-state index < -0.39 is 0 Å². The lowest BCUT2D eigenvalue weighted by Crippen LogP contribution is -2.40. The maximum Gasteiger partial charge on any atom is 0.191 e. The Morgan fingerprint density at radius 1 is 1.39 bits per heavy atom. The molecular weight excluding hydrogens is 335 g/mol. The van der Waals surface area contributed by atoms with Crippen molar-refractivity contribution in [3.63, 3.8) is 0 Å². The van der Waals surface area contributed by atoms with E-state index in [2.05, 4.69) is 15.6 Å². The number of aliphatic imine (C=N–C) groups is 1. The van der Waals surface area contributed by atoms with Crippen molar-refractivity contribution < 1.29 is 4.74 Å². The first-order chi connectivity index (χ1) is 11.0. The molecule has 0 aliphatic heterocycles. The topological polar surface area (TPSA) is 50.6 Å². The molecule has 0 bridgehead atoms. The van der Waals surface area contributed by atoms with Gasteiger partial charge in [-0.2, -0.15) is 0 Å². The first-order valence-corrected chi connectivity index (χ1v) is 8.79. The number of guanidine groups is 1.